The fourth-order valence-electron chi connectivity index (χ4n) is 3.75. The van der Waals surface area contributed by atoms with Crippen molar-refractivity contribution in [1.82, 2.24) is 9.55 Å². The number of carbonyl (C=O) groups is 1. The Morgan fingerprint density at radius 3 is 2.76 bits per heavy atom. The molecular formula is C19H26N2O3S. The molecule has 0 aliphatic heterocycles. The summed E-state index contributed by atoms with van der Waals surface area (Å²) in [5.74, 6) is 0.474. The number of nitrogens with zero attached hydrogens (tertiary/aromatic N) is 2. The molecule has 1 N–H and O–H groups in total. The fourth-order valence-corrected chi connectivity index (χ4v) is 5.09. The van der Waals surface area contributed by atoms with E-state index in [1.807, 2.05) is 6.92 Å². The molecule has 2 aromatic rings. The van der Waals surface area contributed by atoms with Crippen molar-refractivity contribution in [3.63, 3.8) is 0 Å². The van der Waals surface area contributed by atoms with Crippen LogP contribution in [0.5, 0.6) is 0 Å². The Kier molecular flexibility index (Phi) is 4.75. The number of fused-ring (bicyclic) bond motifs is 3. The number of carboxylic acids is 1. The second kappa shape index (κ2) is 6.56. The highest BCUT2D eigenvalue weighted by atomic mass is 32.1. The second-order valence-corrected chi connectivity index (χ2v) is 9.19. The van der Waals surface area contributed by atoms with Crippen molar-refractivity contribution in [3.8, 4) is 0 Å². The van der Waals surface area contributed by atoms with Gasteiger partial charge in [0.05, 0.1) is 5.39 Å². The maximum absolute atomic E-state index is 13.0. The minimum Gasteiger partial charge on any atom is -0.481 e. The van der Waals surface area contributed by atoms with Gasteiger partial charge in [-0.3, -0.25) is 14.2 Å². The molecule has 25 heavy (non-hydrogen) atoms. The van der Waals surface area contributed by atoms with Crippen LogP contribution in [-0.4, -0.2) is 20.6 Å². The minimum absolute atomic E-state index is 0.000373. The SMILES string of the molecule is Cc1nc2sc3c(c2c(=O)n1CCCC(=O)O)CCC(C(C)(C)C)C3. The van der Waals surface area contributed by atoms with Crippen molar-refractivity contribution < 1.29 is 9.90 Å². The molecule has 2 heterocycles. The van der Waals surface area contributed by atoms with Gasteiger partial charge in [0, 0.05) is 17.8 Å². The van der Waals surface area contributed by atoms with Crippen LogP contribution in [0.3, 0.4) is 0 Å². The summed E-state index contributed by atoms with van der Waals surface area (Å²) in [7, 11) is 0. The molecular weight excluding hydrogens is 336 g/mol. The normalized spacial score (nSPS) is 17.7. The van der Waals surface area contributed by atoms with Crippen molar-refractivity contribution in [1.29, 1.82) is 0 Å². The Balaban J connectivity index is 1.99. The lowest BCUT2D eigenvalue weighted by atomic mass is 9.72. The molecule has 0 radical (unpaired) electrons. The van der Waals surface area contributed by atoms with Gasteiger partial charge in [-0.15, -0.1) is 11.3 Å². The van der Waals surface area contributed by atoms with E-state index in [0.717, 1.165) is 29.5 Å². The molecule has 0 spiro atoms. The molecule has 0 bridgehead atoms. The average Bonchev–Trinajstić information content (AvgIpc) is 2.86. The van der Waals surface area contributed by atoms with Crippen molar-refractivity contribution in [3.05, 3.63) is 26.6 Å². The first-order valence-corrected chi connectivity index (χ1v) is 9.73. The lowest BCUT2D eigenvalue weighted by molar-refractivity contribution is -0.137. The number of aryl methyl sites for hydroxylation is 2. The van der Waals surface area contributed by atoms with Gasteiger partial charge in [0.25, 0.3) is 5.56 Å². The maximum atomic E-state index is 13.0. The van der Waals surface area contributed by atoms with Gasteiger partial charge in [-0.1, -0.05) is 20.8 Å². The summed E-state index contributed by atoms with van der Waals surface area (Å²) in [5, 5.41) is 9.59. The summed E-state index contributed by atoms with van der Waals surface area (Å²) in [5.41, 5.74) is 1.46. The Morgan fingerprint density at radius 1 is 1.40 bits per heavy atom. The molecule has 2 aromatic heterocycles. The van der Waals surface area contributed by atoms with Crippen LogP contribution >= 0.6 is 11.3 Å². The molecule has 1 unspecified atom stereocenters. The highest BCUT2D eigenvalue weighted by molar-refractivity contribution is 7.18. The van der Waals surface area contributed by atoms with E-state index in [4.69, 9.17) is 5.11 Å². The molecule has 0 saturated heterocycles. The molecule has 0 saturated carbocycles. The van der Waals surface area contributed by atoms with Crippen molar-refractivity contribution in [2.45, 2.75) is 66.3 Å². The molecule has 1 aliphatic rings. The molecule has 0 amide bonds. The summed E-state index contributed by atoms with van der Waals surface area (Å²) in [4.78, 5) is 30.6. The molecule has 136 valence electrons. The van der Waals surface area contributed by atoms with Crippen molar-refractivity contribution in [2.24, 2.45) is 11.3 Å². The summed E-state index contributed by atoms with van der Waals surface area (Å²) in [6, 6.07) is 0. The van der Waals surface area contributed by atoms with E-state index >= 15 is 0 Å². The Morgan fingerprint density at radius 2 is 2.12 bits per heavy atom. The van der Waals surface area contributed by atoms with Crippen LogP contribution in [-0.2, 0) is 24.2 Å². The number of thiophene rings is 1. The first kappa shape index (κ1) is 18.1. The van der Waals surface area contributed by atoms with E-state index in [1.165, 1.54) is 10.4 Å². The van der Waals surface area contributed by atoms with E-state index in [-0.39, 0.29) is 17.4 Å². The van der Waals surface area contributed by atoms with E-state index in [2.05, 4.69) is 25.8 Å². The molecule has 6 heteroatoms. The number of carboxylic acid groups (broad SMARTS) is 1. The summed E-state index contributed by atoms with van der Waals surface area (Å²) >= 11 is 1.67. The lowest BCUT2D eigenvalue weighted by Crippen LogP contribution is -2.27. The standard InChI is InChI=1S/C19H26N2O3S/c1-11-20-17-16(18(24)21(11)9-5-6-15(22)23)13-8-7-12(19(2,3)4)10-14(13)25-17/h12H,5-10H2,1-4H3,(H,22,23). The third kappa shape index (κ3) is 3.50. The van der Waals surface area contributed by atoms with Crippen LogP contribution in [0.25, 0.3) is 10.2 Å². The second-order valence-electron chi connectivity index (χ2n) is 8.10. The van der Waals surface area contributed by atoms with E-state index in [0.29, 0.717) is 24.7 Å². The first-order chi connectivity index (χ1) is 11.7. The van der Waals surface area contributed by atoms with Crippen LogP contribution in [0.15, 0.2) is 4.79 Å². The molecule has 3 rings (SSSR count). The zero-order valence-electron chi connectivity index (χ0n) is 15.4. The Hall–Kier alpha value is -1.69. The highest BCUT2D eigenvalue weighted by Gasteiger charge is 2.31. The molecule has 1 aliphatic carbocycles. The number of aromatic nitrogens is 2. The monoisotopic (exact) mass is 362 g/mol. The summed E-state index contributed by atoms with van der Waals surface area (Å²) in [6.45, 7) is 9.10. The lowest BCUT2D eigenvalue weighted by Gasteiger charge is -2.33. The van der Waals surface area contributed by atoms with Crippen LogP contribution < -0.4 is 5.56 Å². The maximum Gasteiger partial charge on any atom is 0.303 e. The molecule has 0 aromatic carbocycles. The van der Waals surface area contributed by atoms with Gasteiger partial charge in [-0.2, -0.15) is 0 Å². The number of hydrogen-bond acceptors (Lipinski definition) is 4. The zero-order chi connectivity index (χ0) is 18.4. The fraction of sp³-hybridized carbons (Fsp3) is 0.632. The number of rotatable bonds is 4. The summed E-state index contributed by atoms with van der Waals surface area (Å²) in [6.07, 6.45) is 3.58. The zero-order valence-corrected chi connectivity index (χ0v) is 16.2. The highest BCUT2D eigenvalue weighted by Crippen LogP contribution is 2.42. The van der Waals surface area contributed by atoms with Crippen LogP contribution in [0.2, 0.25) is 0 Å². The molecule has 5 nitrogen and oxygen atoms in total. The van der Waals surface area contributed by atoms with E-state index in [1.54, 1.807) is 15.9 Å². The number of aliphatic carboxylic acids is 1. The van der Waals surface area contributed by atoms with E-state index in [9.17, 15) is 9.59 Å². The largest absolute Gasteiger partial charge is 0.481 e. The Labute approximate surface area is 151 Å². The van der Waals surface area contributed by atoms with Crippen LogP contribution in [0.4, 0.5) is 0 Å². The van der Waals surface area contributed by atoms with Crippen molar-refractivity contribution >= 4 is 27.5 Å². The minimum atomic E-state index is -0.833. The quantitative estimate of drug-likeness (QED) is 0.898. The van der Waals surface area contributed by atoms with Gasteiger partial charge in [-0.05, 0) is 49.5 Å². The van der Waals surface area contributed by atoms with Crippen LogP contribution in [0.1, 0.15) is 56.3 Å². The number of hydrogen-bond donors (Lipinski definition) is 1. The summed E-state index contributed by atoms with van der Waals surface area (Å²) < 4.78 is 1.65. The first-order valence-electron chi connectivity index (χ1n) is 8.92. The van der Waals surface area contributed by atoms with Gasteiger partial charge in [0.1, 0.15) is 10.7 Å². The molecule has 1 atom stereocenters. The topological polar surface area (TPSA) is 72.2 Å². The van der Waals surface area contributed by atoms with Crippen molar-refractivity contribution in [2.75, 3.05) is 0 Å². The van der Waals surface area contributed by atoms with E-state index < -0.39 is 5.97 Å². The third-order valence-electron chi connectivity index (χ3n) is 5.36. The van der Waals surface area contributed by atoms with Gasteiger partial charge in [0.2, 0.25) is 0 Å². The predicted molar refractivity (Wildman–Crippen MR) is 100 cm³/mol. The van der Waals surface area contributed by atoms with Crippen LogP contribution in [0, 0.1) is 18.3 Å². The smallest absolute Gasteiger partial charge is 0.303 e. The Bertz CT molecular complexity index is 873. The third-order valence-corrected chi connectivity index (χ3v) is 6.51. The van der Waals surface area contributed by atoms with Gasteiger partial charge < -0.3 is 5.11 Å². The van der Waals surface area contributed by atoms with Gasteiger partial charge >= 0.3 is 5.97 Å². The molecule has 0 fully saturated rings. The van der Waals surface area contributed by atoms with Gasteiger partial charge in [0.15, 0.2) is 0 Å². The predicted octanol–water partition coefficient (Wildman–Crippen LogP) is 3.78. The van der Waals surface area contributed by atoms with Gasteiger partial charge in [-0.25, -0.2) is 4.98 Å². The average molecular weight is 362 g/mol.